The molecule has 0 saturated carbocycles. The average molecular weight is 393 g/mol. The Kier molecular flexibility index (Phi) is 5.79. The first kappa shape index (κ1) is 19.7. The van der Waals surface area contributed by atoms with Crippen LogP contribution in [0.1, 0.15) is 41.3 Å². The highest BCUT2D eigenvalue weighted by Crippen LogP contribution is 2.38. The topological polar surface area (TPSA) is 17.1 Å². The van der Waals surface area contributed by atoms with Gasteiger partial charge in [0.05, 0.1) is 5.56 Å². The molecule has 0 aromatic heterocycles. The molecular weight excluding hydrogens is 379 g/mol. The first-order chi connectivity index (χ1) is 11.5. The van der Waals surface area contributed by atoms with Crippen molar-refractivity contribution in [2.24, 2.45) is 0 Å². The van der Waals surface area contributed by atoms with Gasteiger partial charge in [-0.3, -0.25) is 4.79 Å². The number of ketones is 1. The van der Waals surface area contributed by atoms with E-state index in [9.17, 15) is 22.4 Å². The molecule has 1 unspecified atom stereocenters. The zero-order valence-corrected chi connectivity index (χ0v) is 14.6. The molecule has 1 nitrogen and oxygen atoms in total. The van der Waals surface area contributed by atoms with E-state index in [0.717, 1.165) is 12.1 Å². The van der Waals surface area contributed by atoms with Crippen molar-refractivity contribution in [1.29, 1.82) is 0 Å². The third kappa shape index (κ3) is 4.73. The zero-order valence-electron chi connectivity index (χ0n) is 13.1. The molecule has 0 aliphatic rings. The Morgan fingerprint density at radius 1 is 1.00 bits per heavy atom. The van der Waals surface area contributed by atoms with Gasteiger partial charge >= 0.3 is 6.18 Å². The van der Waals surface area contributed by atoms with Crippen LogP contribution >= 0.6 is 23.2 Å². The van der Waals surface area contributed by atoms with Crippen molar-refractivity contribution in [1.82, 2.24) is 0 Å². The molecule has 0 aliphatic heterocycles. The van der Waals surface area contributed by atoms with Crippen molar-refractivity contribution in [3.05, 3.63) is 69.2 Å². The lowest BCUT2D eigenvalue weighted by molar-refractivity contribution is -0.137. The molecule has 2 aromatic rings. The van der Waals surface area contributed by atoms with Crippen molar-refractivity contribution in [3.63, 3.8) is 0 Å². The molecule has 7 heteroatoms. The van der Waals surface area contributed by atoms with E-state index in [2.05, 4.69) is 0 Å². The molecule has 0 saturated heterocycles. The number of Topliss-reactive ketones (excluding diaryl/α,β-unsaturated/α-hetero) is 1. The molecule has 2 rings (SSSR count). The van der Waals surface area contributed by atoms with Gasteiger partial charge in [0.1, 0.15) is 5.67 Å². The standard InChI is InChI=1S/C18H14Cl2F4O/c1-17(21,14-7-6-11(19)10-15(14)20)9-8-16(25)12-4-2-3-5-13(12)18(22,23)24/h2-7,10H,8-9H2,1H3. The molecule has 0 radical (unpaired) electrons. The van der Waals surface area contributed by atoms with Crippen LogP contribution in [0.4, 0.5) is 17.6 Å². The summed E-state index contributed by atoms with van der Waals surface area (Å²) in [6, 6.07) is 8.70. The number of hydrogen-bond acceptors (Lipinski definition) is 1. The summed E-state index contributed by atoms with van der Waals surface area (Å²) in [6.07, 6.45) is -5.34. The molecule has 0 heterocycles. The summed E-state index contributed by atoms with van der Waals surface area (Å²) in [4.78, 5) is 12.2. The lowest BCUT2D eigenvalue weighted by atomic mass is 9.90. The Hall–Kier alpha value is -1.59. The van der Waals surface area contributed by atoms with E-state index in [1.165, 1.54) is 37.3 Å². The van der Waals surface area contributed by atoms with Gasteiger partial charge < -0.3 is 0 Å². The minimum atomic E-state index is -4.65. The summed E-state index contributed by atoms with van der Waals surface area (Å²) in [5, 5.41) is 0.431. The van der Waals surface area contributed by atoms with Crippen LogP contribution in [-0.4, -0.2) is 5.78 Å². The molecule has 0 spiro atoms. The number of rotatable bonds is 5. The van der Waals surface area contributed by atoms with Gasteiger partial charge in [-0.05, 0) is 31.5 Å². The van der Waals surface area contributed by atoms with Gasteiger partial charge in [-0.25, -0.2) is 4.39 Å². The highest BCUT2D eigenvalue weighted by Gasteiger charge is 2.35. The second kappa shape index (κ2) is 7.34. The maximum Gasteiger partial charge on any atom is 0.417 e. The Labute approximate surface area is 152 Å². The monoisotopic (exact) mass is 392 g/mol. The van der Waals surface area contributed by atoms with E-state index in [1.807, 2.05) is 0 Å². The summed E-state index contributed by atoms with van der Waals surface area (Å²) in [6.45, 7) is 1.23. The van der Waals surface area contributed by atoms with E-state index >= 15 is 0 Å². The maximum absolute atomic E-state index is 14.9. The van der Waals surface area contributed by atoms with Crippen molar-refractivity contribution in [2.75, 3.05) is 0 Å². The Bertz CT molecular complexity index is 785. The van der Waals surface area contributed by atoms with Crippen molar-refractivity contribution in [2.45, 2.75) is 31.6 Å². The van der Waals surface area contributed by atoms with Crippen molar-refractivity contribution >= 4 is 29.0 Å². The number of benzene rings is 2. The zero-order chi connectivity index (χ0) is 18.8. The number of carbonyl (C=O) groups is 1. The quantitative estimate of drug-likeness (QED) is 0.401. The molecular formula is C18H14Cl2F4O. The van der Waals surface area contributed by atoms with Crippen LogP contribution in [0.5, 0.6) is 0 Å². The Balaban J connectivity index is 2.20. The first-order valence-electron chi connectivity index (χ1n) is 7.36. The Morgan fingerprint density at radius 2 is 1.64 bits per heavy atom. The lowest BCUT2D eigenvalue weighted by Crippen LogP contribution is -2.19. The molecule has 0 amide bonds. The predicted octanol–water partition coefficient (Wildman–Crippen LogP) is 6.86. The lowest BCUT2D eigenvalue weighted by Gasteiger charge is -2.22. The minimum Gasteiger partial charge on any atom is -0.294 e. The van der Waals surface area contributed by atoms with E-state index in [4.69, 9.17) is 23.2 Å². The highest BCUT2D eigenvalue weighted by molar-refractivity contribution is 6.35. The van der Waals surface area contributed by atoms with Crippen LogP contribution in [0.25, 0.3) is 0 Å². The summed E-state index contributed by atoms with van der Waals surface area (Å²) in [7, 11) is 0. The van der Waals surface area contributed by atoms with Crippen LogP contribution in [0.2, 0.25) is 10.0 Å². The van der Waals surface area contributed by atoms with E-state index in [1.54, 1.807) is 0 Å². The largest absolute Gasteiger partial charge is 0.417 e. The summed E-state index contributed by atoms with van der Waals surface area (Å²) in [5.41, 5.74) is -3.33. The molecule has 2 aromatic carbocycles. The molecule has 0 N–H and O–H groups in total. The summed E-state index contributed by atoms with van der Waals surface area (Å²) >= 11 is 11.7. The van der Waals surface area contributed by atoms with E-state index < -0.39 is 28.8 Å². The SMILES string of the molecule is CC(F)(CCC(=O)c1ccccc1C(F)(F)F)c1ccc(Cl)cc1Cl. The van der Waals surface area contributed by atoms with E-state index in [0.29, 0.717) is 5.02 Å². The van der Waals surface area contributed by atoms with Gasteiger partial charge in [0.2, 0.25) is 0 Å². The van der Waals surface area contributed by atoms with Crippen LogP contribution in [0, 0.1) is 0 Å². The third-order valence-electron chi connectivity index (χ3n) is 3.85. The summed E-state index contributed by atoms with van der Waals surface area (Å²) < 4.78 is 53.9. The molecule has 134 valence electrons. The highest BCUT2D eigenvalue weighted by atomic mass is 35.5. The summed E-state index contributed by atoms with van der Waals surface area (Å²) in [5.74, 6) is -0.776. The number of carbonyl (C=O) groups excluding carboxylic acids is 1. The van der Waals surface area contributed by atoms with Gasteiger partial charge in [0.15, 0.2) is 5.78 Å². The number of halogens is 6. The fraction of sp³-hybridized carbons (Fsp3) is 0.278. The molecule has 25 heavy (non-hydrogen) atoms. The smallest absolute Gasteiger partial charge is 0.294 e. The Morgan fingerprint density at radius 3 is 2.24 bits per heavy atom. The minimum absolute atomic E-state index is 0.0978. The fourth-order valence-corrected chi connectivity index (χ4v) is 3.11. The number of hydrogen-bond donors (Lipinski definition) is 0. The van der Waals surface area contributed by atoms with E-state index in [-0.39, 0.29) is 23.4 Å². The van der Waals surface area contributed by atoms with Gasteiger partial charge in [0.25, 0.3) is 0 Å². The molecule has 0 fully saturated rings. The van der Waals surface area contributed by atoms with Gasteiger partial charge in [-0.1, -0.05) is 47.5 Å². The van der Waals surface area contributed by atoms with Crippen molar-refractivity contribution < 1.29 is 22.4 Å². The number of alkyl halides is 4. The average Bonchev–Trinajstić information content (AvgIpc) is 2.51. The van der Waals surface area contributed by atoms with Gasteiger partial charge in [-0.2, -0.15) is 13.2 Å². The predicted molar refractivity (Wildman–Crippen MR) is 89.9 cm³/mol. The van der Waals surface area contributed by atoms with Crippen molar-refractivity contribution in [3.8, 4) is 0 Å². The first-order valence-corrected chi connectivity index (χ1v) is 8.12. The normalized spacial score (nSPS) is 14.2. The van der Waals surface area contributed by atoms with Crippen LogP contribution in [-0.2, 0) is 11.8 Å². The second-order valence-electron chi connectivity index (χ2n) is 5.79. The maximum atomic E-state index is 14.9. The fourth-order valence-electron chi connectivity index (χ4n) is 2.50. The molecule has 0 bridgehead atoms. The molecule has 1 atom stereocenters. The van der Waals surface area contributed by atoms with Gasteiger partial charge in [0, 0.05) is 27.6 Å². The van der Waals surface area contributed by atoms with Crippen LogP contribution in [0.15, 0.2) is 42.5 Å². The third-order valence-corrected chi connectivity index (χ3v) is 4.39. The molecule has 0 aliphatic carbocycles. The van der Waals surface area contributed by atoms with Crippen LogP contribution < -0.4 is 0 Å². The van der Waals surface area contributed by atoms with Crippen LogP contribution in [0.3, 0.4) is 0 Å². The second-order valence-corrected chi connectivity index (χ2v) is 6.63. The van der Waals surface area contributed by atoms with Gasteiger partial charge in [-0.15, -0.1) is 0 Å².